The number of hydrogen-bond donors (Lipinski definition) is 0. The summed E-state index contributed by atoms with van der Waals surface area (Å²) < 4.78 is 3.87. The fraction of sp³-hybridized carbons (Fsp3) is 0.0714. The van der Waals surface area contributed by atoms with Crippen molar-refractivity contribution in [1.82, 2.24) is 14.6 Å². The molecule has 94 valence electrons. The van der Waals surface area contributed by atoms with E-state index < -0.39 is 0 Å². The first-order chi connectivity index (χ1) is 9.31. The van der Waals surface area contributed by atoms with Gasteiger partial charge in [0.1, 0.15) is 5.69 Å². The molecule has 0 aliphatic carbocycles. The molecule has 0 saturated carbocycles. The molecule has 0 amide bonds. The van der Waals surface area contributed by atoms with Crippen LogP contribution >= 0.6 is 23.1 Å². The van der Waals surface area contributed by atoms with Gasteiger partial charge in [-0.25, -0.2) is 0 Å². The molecule has 0 radical (unpaired) electrons. The fourth-order valence-electron chi connectivity index (χ4n) is 1.87. The van der Waals surface area contributed by atoms with Gasteiger partial charge in [0.25, 0.3) is 0 Å². The summed E-state index contributed by atoms with van der Waals surface area (Å²) in [7, 11) is 0. The maximum Gasteiger partial charge on any atom is 0.105 e. The van der Waals surface area contributed by atoms with Crippen LogP contribution in [0.3, 0.4) is 0 Å². The molecule has 0 atom stereocenters. The van der Waals surface area contributed by atoms with Crippen molar-refractivity contribution in [1.29, 1.82) is 0 Å². The van der Waals surface area contributed by atoms with Gasteiger partial charge in [0.05, 0.1) is 5.02 Å². The lowest BCUT2D eigenvalue weighted by Gasteiger charge is -2.03. The van der Waals surface area contributed by atoms with Crippen molar-refractivity contribution in [2.24, 2.45) is 0 Å². The molecule has 3 aromatic rings. The number of pyridine rings is 1. The molecule has 19 heavy (non-hydrogen) atoms. The number of halogens is 1. The Bertz CT molecular complexity index is 665. The minimum atomic E-state index is 0.669. The van der Waals surface area contributed by atoms with Crippen LogP contribution in [-0.2, 0) is 6.42 Å². The van der Waals surface area contributed by atoms with Gasteiger partial charge in [0, 0.05) is 23.3 Å². The molecule has 1 aromatic carbocycles. The van der Waals surface area contributed by atoms with Crippen LogP contribution in [0.4, 0.5) is 0 Å². The van der Waals surface area contributed by atoms with Crippen molar-refractivity contribution >= 4 is 23.1 Å². The Kier molecular flexibility index (Phi) is 3.53. The van der Waals surface area contributed by atoms with E-state index in [1.54, 1.807) is 6.20 Å². The molecule has 0 aliphatic rings. The summed E-state index contributed by atoms with van der Waals surface area (Å²) >= 11 is 7.29. The minimum Gasteiger partial charge on any atom is -0.263 e. The van der Waals surface area contributed by atoms with Gasteiger partial charge in [0.15, 0.2) is 0 Å². The molecular weight excluding hydrogens is 278 g/mol. The smallest absolute Gasteiger partial charge is 0.105 e. The van der Waals surface area contributed by atoms with E-state index in [2.05, 4.69) is 38.8 Å². The number of nitrogens with zero attached hydrogens (tertiary/aromatic N) is 3. The highest BCUT2D eigenvalue weighted by molar-refractivity contribution is 7.03. The molecule has 0 aliphatic heterocycles. The molecule has 2 aromatic heterocycles. The van der Waals surface area contributed by atoms with E-state index in [4.69, 9.17) is 11.6 Å². The van der Waals surface area contributed by atoms with Gasteiger partial charge in [-0.2, -0.15) is 0 Å². The van der Waals surface area contributed by atoms with Gasteiger partial charge in [0.2, 0.25) is 0 Å². The second-order valence-corrected chi connectivity index (χ2v) is 5.22. The van der Waals surface area contributed by atoms with Gasteiger partial charge in [-0.1, -0.05) is 40.4 Å². The van der Waals surface area contributed by atoms with Crippen LogP contribution < -0.4 is 0 Å². The number of benzene rings is 1. The number of aromatic nitrogens is 3. The molecular formula is C14H10ClN3S. The average molecular weight is 288 g/mol. The standard InChI is InChI=1S/C14H10ClN3S/c15-13-6-11(7-16-8-13)5-10-1-3-12(4-2-10)14-9-19-18-17-14/h1-4,6-9H,5H2. The lowest BCUT2D eigenvalue weighted by molar-refractivity contribution is 1.14. The van der Waals surface area contributed by atoms with Crippen LogP contribution in [0.15, 0.2) is 48.1 Å². The zero-order chi connectivity index (χ0) is 13.1. The summed E-state index contributed by atoms with van der Waals surface area (Å²) in [6.07, 6.45) is 4.30. The van der Waals surface area contributed by atoms with E-state index in [9.17, 15) is 0 Å². The van der Waals surface area contributed by atoms with Crippen LogP contribution in [0.1, 0.15) is 11.1 Å². The maximum absolute atomic E-state index is 5.93. The Hall–Kier alpha value is -1.78. The maximum atomic E-state index is 5.93. The van der Waals surface area contributed by atoms with E-state index in [0.717, 1.165) is 23.2 Å². The second-order valence-electron chi connectivity index (χ2n) is 4.18. The summed E-state index contributed by atoms with van der Waals surface area (Å²) in [5, 5.41) is 6.66. The van der Waals surface area contributed by atoms with Gasteiger partial charge < -0.3 is 0 Å². The molecule has 0 N–H and O–H groups in total. The predicted molar refractivity (Wildman–Crippen MR) is 77.4 cm³/mol. The van der Waals surface area contributed by atoms with Gasteiger partial charge >= 0.3 is 0 Å². The van der Waals surface area contributed by atoms with Crippen molar-refractivity contribution in [2.45, 2.75) is 6.42 Å². The van der Waals surface area contributed by atoms with Crippen LogP contribution in [0, 0.1) is 0 Å². The third-order valence-corrected chi connectivity index (χ3v) is 3.49. The summed E-state index contributed by atoms with van der Waals surface area (Å²) in [6, 6.07) is 10.2. The van der Waals surface area contributed by atoms with E-state index in [-0.39, 0.29) is 0 Å². The number of hydrogen-bond acceptors (Lipinski definition) is 4. The quantitative estimate of drug-likeness (QED) is 0.734. The summed E-state index contributed by atoms with van der Waals surface area (Å²) in [4.78, 5) is 4.09. The first-order valence-corrected chi connectivity index (χ1v) is 6.98. The van der Waals surface area contributed by atoms with E-state index in [1.165, 1.54) is 17.1 Å². The lowest BCUT2D eigenvalue weighted by atomic mass is 10.0. The Morgan fingerprint density at radius 3 is 2.58 bits per heavy atom. The molecule has 0 saturated heterocycles. The Balaban J connectivity index is 1.80. The second kappa shape index (κ2) is 5.47. The number of rotatable bonds is 3. The zero-order valence-corrected chi connectivity index (χ0v) is 11.5. The summed E-state index contributed by atoms with van der Waals surface area (Å²) in [5.74, 6) is 0. The highest BCUT2D eigenvalue weighted by atomic mass is 35.5. The molecule has 2 heterocycles. The molecule has 0 fully saturated rings. The fourth-order valence-corrected chi connectivity index (χ4v) is 2.53. The minimum absolute atomic E-state index is 0.669. The largest absolute Gasteiger partial charge is 0.263 e. The average Bonchev–Trinajstić information content (AvgIpc) is 2.94. The molecule has 0 spiro atoms. The van der Waals surface area contributed by atoms with Crippen LogP contribution in [-0.4, -0.2) is 14.6 Å². The third kappa shape index (κ3) is 2.97. The Morgan fingerprint density at radius 1 is 1.05 bits per heavy atom. The van der Waals surface area contributed by atoms with Gasteiger partial charge in [-0.3, -0.25) is 4.98 Å². The van der Waals surface area contributed by atoms with Crippen LogP contribution in [0.25, 0.3) is 11.3 Å². The van der Waals surface area contributed by atoms with Gasteiger partial charge in [-0.05, 0) is 35.1 Å². The predicted octanol–water partition coefficient (Wildman–Crippen LogP) is 3.84. The zero-order valence-electron chi connectivity index (χ0n) is 9.95. The SMILES string of the molecule is Clc1cncc(Cc2ccc(-c3csnn3)cc2)c1. The topological polar surface area (TPSA) is 38.7 Å². The normalized spacial score (nSPS) is 10.6. The lowest BCUT2D eigenvalue weighted by Crippen LogP contribution is -1.89. The highest BCUT2D eigenvalue weighted by Crippen LogP contribution is 2.20. The van der Waals surface area contributed by atoms with Crippen molar-refractivity contribution < 1.29 is 0 Å². The Morgan fingerprint density at radius 2 is 1.89 bits per heavy atom. The van der Waals surface area contributed by atoms with Crippen molar-refractivity contribution in [3.8, 4) is 11.3 Å². The van der Waals surface area contributed by atoms with Gasteiger partial charge in [-0.15, -0.1) is 5.10 Å². The van der Waals surface area contributed by atoms with Crippen molar-refractivity contribution in [3.63, 3.8) is 0 Å². The monoisotopic (exact) mass is 287 g/mol. The molecule has 3 nitrogen and oxygen atoms in total. The highest BCUT2D eigenvalue weighted by Gasteiger charge is 2.02. The van der Waals surface area contributed by atoms with E-state index >= 15 is 0 Å². The molecule has 5 heteroatoms. The van der Waals surface area contributed by atoms with Crippen LogP contribution in [0.2, 0.25) is 5.02 Å². The molecule has 3 rings (SSSR count). The Labute approximate surface area is 120 Å². The molecule has 0 unspecified atom stereocenters. The third-order valence-electron chi connectivity index (χ3n) is 2.78. The van der Waals surface area contributed by atoms with Crippen LogP contribution in [0.5, 0.6) is 0 Å². The van der Waals surface area contributed by atoms with Crippen molar-refractivity contribution in [2.75, 3.05) is 0 Å². The van der Waals surface area contributed by atoms with Crippen molar-refractivity contribution in [3.05, 3.63) is 64.3 Å². The summed E-state index contributed by atoms with van der Waals surface area (Å²) in [5.41, 5.74) is 4.33. The van der Waals surface area contributed by atoms with E-state index in [0.29, 0.717) is 5.02 Å². The first-order valence-electron chi connectivity index (χ1n) is 5.77. The summed E-state index contributed by atoms with van der Waals surface area (Å²) in [6.45, 7) is 0. The van der Waals surface area contributed by atoms with E-state index in [1.807, 2.05) is 17.6 Å². The first kappa shape index (κ1) is 12.3. The molecule has 0 bridgehead atoms.